The molecule has 1 aliphatic heterocycles. The lowest BCUT2D eigenvalue weighted by Crippen LogP contribution is -2.34. The van der Waals surface area contributed by atoms with Gasteiger partial charge in [0.25, 0.3) is 5.91 Å². The zero-order chi connectivity index (χ0) is 13.3. The van der Waals surface area contributed by atoms with E-state index in [0.29, 0.717) is 6.54 Å². The van der Waals surface area contributed by atoms with Crippen molar-refractivity contribution in [3.8, 4) is 0 Å². The van der Waals surface area contributed by atoms with E-state index in [0.717, 1.165) is 23.1 Å². The molecule has 1 saturated heterocycles. The first-order chi connectivity index (χ1) is 8.39. The predicted molar refractivity (Wildman–Crippen MR) is 55.9 cm³/mol. The molecule has 1 aliphatic rings. The van der Waals surface area contributed by atoms with Crippen LogP contribution >= 0.6 is 0 Å². The van der Waals surface area contributed by atoms with Gasteiger partial charge in [0.05, 0.1) is 5.56 Å². The maximum Gasteiger partial charge on any atom is 0.416 e. The number of amides is 3. The molecule has 4 nitrogen and oxygen atoms in total. The molecular formula is C11H9F3N2O2. The Morgan fingerprint density at radius 1 is 1.33 bits per heavy atom. The molecule has 0 saturated carbocycles. The minimum atomic E-state index is -4.51. The third-order valence-corrected chi connectivity index (χ3v) is 2.54. The van der Waals surface area contributed by atoms with Gasteiger partial charge in [0.1, 0.15) is 0 Å². The van der Waals surface area contributed by atoms with Crippen molar-refractivity contribution in [2.24, 2.45) is 0 Å². The summed E-state index contributed by atoms with van der Waals surface area (Å²) < 4.78 is 37.4. The summed E-state index contributed by atoms with van der Waals surface area (Å²) in [6, 6.07) is 3.43. The molecule has 0 aromatic heterocycles. The lowest BCUT2D eigenvalue weighted by molar-refractivity contribution is -0.137. The van der Waals surface area contributed by atoms with Crippen LogP contribution in [0.1, 0.15) is 15.9 Å². The zero-order valence-electron chi connectivity index (χ0n) is 9.12. The van der Waals surface area contributed by atoms with Crippen molar-refractivity contribution >= 4 is 11.9 Å². The Labute approximate surface area is 100 Å². The van der Waals surface area contributed by atoms with Crippen LogP contribution in [0.4, 0.5) is 18.0 Å². The first kappa shape index (κ1) is 12.4. The number of carbonyl (C=O) groups is 2. The highest BCUT2D eigenvalue weighted by molar-refractivity contribution is 6.05. The maximum atomic E-state index is 12.5. The fourth-order valence-corrected chi connectivity index (χ4v) is 1.65. The number of benzene rings is 1. The van der Waals surface area contributed by atoms with Crippen LogP contribution in [0.5, 0.6) is 0 Å². The Morgan fingerprint density at radius 2 is 2.06 bits per heavy atom. The number of urea groups is 1. The molecule has 0 atom stereocenters. The van der Waals surface area contributed by atoms with Gasteiger partial charge in [0.15, 0.2) is 0 Å². The fourth-order valence-electron chi connectivity index (χ4n) is 1.65. The molecule has 96 valence electrons. The van der Waals surface area contributed by atoms with Gasteiger partial charge in [-0.2, -0.15) is 13.2 Å². The van der Waals surface area contributed by atoms with Crippen LogP contribution in [0.3, 0.4) is 0 Å². The second kappa shape index (κ2) is 4.32. The maximum absolute atomic E-state index is 12.5. The van der Waals surface area contributed by atoms with Crippen molar-refractivity contribution in [3.05, 3.63) is 35.4 Å². The fraction of sp³-hybridized carbons (Fsp3) is 0.273. The van der Waals surface area contributed by atoms with Gasteiger partial charge in [-0.05, 0) is 18.2 Å². The third kappa shape index (κ3) is 2.29. The first-order valence-electron chi connectivity index (χ1n) is 5.16. The summed E-state index contributed by atoms with van der Waals surface area (Å²) in [5.41, 5.74) is -1.06. The van der Waals surface area contributed by atoms with Gasteiger partial charge >= 0.3 is 12.2 Å². The Kier molecular flexibility index (Phi) is 2.98. The van der Waals surface area contributed by atoms with Crippen molar-refractivity contribution in [2.75, 3.05) is 13.1 Å². The topological polar surface area (TPSA) is 49.4 Å². The van der Waals surface area contributed by atoms with E-state index in [1.165, 1.54) is 6.07 Å². The second-order valence-corrected chi connectivity index (χ2v) is 3.77. The van der Waals surface area contributed by atoms with E-state index in [4.69, 9.17) is 0 Å². The number of alkyl halides is 3. The molecule has 1 aromatic rings. The average Bonchev–Trinajstić information content (AvgIpc) is 2.73. The number of hydrogen-bond acceptors (Lipinski definition) is 2. The van der Waals surface area contributed by atoms with Crippen molar-refractivity contribution < 1.29 is 22.8 Å². The monoisotopic (exact) mass is 258 g/mol. The minimum absolute atomic E-state index is 0.151. The van der Waals surface area contributed by atoms with Crippen molar-refractivity contribution in [1.82, 2.24) is 10.2 Å². The normalized spacial score (nSPS) is 15.7. The molecule has 0 radical (unpaired) electrons. The Bertz CT molecular complexity index is 499. The first-order valence-corrected chi connectivity index (χ1v) is 5.16. The molecule has 7 heteroatoms. The molecule has 18 heavy (non-hydrogen) atoms. The van der Waals surface area contributed by atoms with Crippen LogP contribution in [-0.2, 0) is 6.18 Å². The molecule has 0 unspecified atom stereocenters. The lowest BCUT2D eigenvalue weighted by Gasteiger charge is -2.13. The van der Waals surface area contributed by atoms with E-state index in [-0.39, 0.29) is 12.1 Å². The number of carbonyl (C=O) groups excluding carboxylic acids is 2. The Hall–Kier alpha value is -2.05. The molecule has 1 N–H and O–H groups in total. The number of hydrogen-bond donors (Lipinski definition) is 1. The Morgan fingerprint density at radius 3 is 2.61 bits per heavy atom. The van der Waals surface area contributed by atoms with Crippen LogP contribution < -0.4 is 5.32 Å². The predicted octanol–water partition coefficient (Wildman–Crippen LogP) is 1.87. The molecule has 1 heterocycles. The molecule has 0 aliphatic carbocycles. The van der Waals surface area contributed by atoms with Crippen molar-refractivity contribution in [3.63, 3.8) is 0 Å². The molecule has 3 amide bonds. The second-order valence-electron chi connectivity index (χ2n) is 3.77. The molecule has 0 spiro atoms. The minimum Gasteiger partial charge on any atom is -0.336 e. The van der Waals surface area contributed by atoms with Crippen molar-refractivity contribution in [1.29, 1.82) is 0 Å². The van der Waals surface area contributed by atoms with Gasteiger partial charge in [-0.25, -0.2) is 4.79 Å². The molecule has 0 bridgehead atoms. The van der Waals surface area contributed by atoms with Crippen LogP contribution in [-0.4, -0.2) is 29.9 Å². The lowest BCUT2D eigenvalue weighted by atomic mass is 10.1. The zero-order valence-corrected chi connectivity index (χ0v) is 9.12. The summed E-state index contributed by atoms with van der Waals surface area (Å²) in [4.78, 5) is 24.0. The number of halogens is 3. The van der Waals surface area contributed by atoms with Gasteiger partial charge in [0.2, 0.25) is 0 Å². The van der Waals surface area contributed by atoms with E-state index in [2.05, 4.69) is 5.32 Å². The van der Waals surface area contributed by atoms with E-state index in [9.17, 15) is 22.8 Å². The van der Waals surface area contributed by atoms with Gasteiger partial charge in [-0.1, -0.05) is 6.07 Å². The highest BCUT2D eigenvalue weighted by atomic mass is 19.4. The molecular weight excluding hydrogens is 249 g/mol. The quantitative estimate of drug-likeness (QED) is 0.836. The summed E-state index contributed by atoms with van der Waals surface area (Å²) in [5.74, 6) is -0.726. The van der Waals surface area contributed by atoms with Gasteiger partial charge in [-0.3, -0.25) is 9.69 Å². The largest absolute Gasteiger partial charge is 0.416 e. The number of nitrogens with one attached hydrogen (secondary N) is 1. The molecule has 1 fully saturated rings. The summed E-state index contributed by atoms with van der Waals surface area (Å²) in [6.07, 6.45) is -4.51. The standard InChI is InChI=1S/C11H9F3N2O2/c12-11(13,14)8-3-1-2-7(6-8)9(17)16-5-4-15-10(16)18/h1-3,6H,4-5H2,(H,15,18). The number of nitrogens with zero attached hydrogens (tertiary/aromatic N) is 1. The Balaban J connectivity index is 2.28. The van der Waals surface area contributed by atoms with Gasteiger partial charge in [0, 0.05) is 18.7 Å². The summed E-state index contributed by atoms with van der Waals surface area (Å²) in [5, 5.41) is 2.41. The summed E-state index contributed by atoms with van der Waals surface area (Å²) >= 11 is 0. The van der Waals surface area contributed by atoms with Crippen LogP contribution in [0, 0.1) is 0 Å². The van der Waals surface area contributed by atoms with Crippen LogP contribution in [0.25, 0.3) is 0 Å². The highest BCUT2D eigenvalue weighted by Crippen LogP contribution is 2.29. The molecule has 1 aromatic carbocycles. The van der Waals surface area contributed by atoms with Gasteiger partial charge < -0.3 is 5.32 Å². The van der Waals surface area contributed by atoms with E-state index >= 15 is 0 Å². The van der Waals surface area contributed by atoms with E-state index in [1.807, 2.05) is 0 Å². The smallest absolute Gasteiger partial charge is 0.336 e. The highest BCUT2D eigenvalue weighted by Gasteiger charge is 2.32. The number of rotatable bonds is 1. The molecule has 2 rings (SSSR count). The average molecular weight is 258 g/mol. The number of imide groups is 1. The van der Waals surface area contributed by atoms with E-state index in [1.54, 1.807) is 0 Å². The van der Waals surface area contributed by atoms with Crippen molar-refractivity contribution in [2.45, 2.75) is 6.18 Å². The van der Waals surface area contributed by atoms with Crippen LogP contribution in [0.15, 0.2) is 24.3 Å². The van der Waals surface area contributed by atoms with E-state index < -0.39 is 23.7 Å². The SMILES string of the molecule is O=C1NCCN1C(=O)c1cccc(C(F)(F)F)c1. The van der Waals surface area contributed by atoms with Gasteiger partial charge in [-0.15, -0.1) is 0 Å². The summed E-state index contributed by atoms with van der Waals surface area (Å²) in [6.45, 7) is 0.470. The third-order valence-electron chi connectivity index (χ3n) is 2.54. The summed E-state index contributed by atoms with van der Waals surface area (Å²) in [7, 11) is 0. The van der Waals surface area contributed by atoms with Crippen LogP contribution in [0.2, 0.25) is 0 Å².